The predicted molar refractivity (Wildman–Crippen MR) is 104 cm³/mol. The molecular weight excluding hydrogens is 400 g/mol. The van der Waals surface area contributed by atoms with E-state index < -0.39 is 24.3 Å². The monoisotopic (exact) mass is 418 g/mol. The van der Waals surface area contributed by atoms with Crippen molar-refractivity contribution >= 4 is 22.5 Å². The number of amides is 1. The highest BCUT2D eigenvalue weighted by Crippen LogP contribution is 2.35. The molecule has 1 saturated carbocycles. The van der Waals surface area contributed by atoms with E-state index in [1.165, 1.54) is 12.3 Å². The van der Waals surface area contributed by atoms with Gasteiger partial charge in [0.05, 0.1) is 11.6 Å². The second-order valence-electron chi connectivity index (χ2n) is 7.42. The van der Waals surface area contributed by atoms with Gasteiger partial charge in [-0.15, -0.1) is 0 Å². The highest BCUT2D eigenvalue weighted by molar-refractivity contribution is 5.96. The van der Waals surface area contributed by atoms with E-state index in [9.17, 15) is 22.4 Å². The lowest BCUT2D eigenvalue weighted by molar-refractivity contribution is -0.150. The zero-order chi connectivity index (χ0) is 21.6. The summed E-state index contributed by atoms with van der Waals surface area (Å²) in [6.45, 7) is 1.70. The van der Waals surface area contributed by atoms with Crippen LogP contribution in [0.3, 0.4) is 0 Å². The van der Waals surface area contributed by atoms with Crippen LogP contribution in [0.25, 0.3) is 21.9 Å². The lowest BCUT2D eigenvalue weighted by atomic mass is 9.99. The number of aryl methyl sites for hydroxylation is 1. The Balaban J connectivity index is 1.59. The number of hydrogen-bond donors (Lipinski definition) is 2. The van der Waals surface area contributed by atoms with Gasteiger partial charge in [0.15, 0.2) is 0 Å². The van der Waals surface area contributed by atoms with E-state index in [0.29, 0.717) is 16.9 Å². The van der Waals surface area contributed by atoms with Gasteiger partial charge >= 0.3 is 6.18 Å². The maximum atomic E-state index is 13.0. The van der Waals surface area contributed by atoms with Gasteiger partial charge in [-0.1, -0.05) is 12.1 Å². The number of carbonyl (C=O) groups is 1. The number of aromatic nitrogens is 2. The van der Waals surface area contributed by atoms with Crippen molar-refractivity contribution in [1.29, 1.82) is 0 Å². The first-order valence-electron chi connectivity index (χ1n) is 9.27. The number of nitrogens with one attached hydrogen (secondary N) is 1. The molecule has 9 heteroatoms. The molecule has 1 fully saturated rings. The molecule has 1 aliphatic rings. The molecule has 1 aliphatic carbocycles. The first-order valence-corrected chi connectivity index (χ1v) is 9.27. The van der Waals surface area contributed by atoms with Crippen LogP contribution in [0, 0.1) is 12.8 Å². The van der Waals surface area contributed by atoms with E-state index in [2.05, 4.69) is 15.3 Å². The molecule has 2 aromatic heterocycles. The Morgan fingerprint density at radius 2 is 1.90 bits per heavy atom. The predicted octanol–water partition coefficient (Wildman–Crippen LogP) is 4.46. The molecule has 156 valence electrons. The van der Waals surface area contributed by atoms with Crippen LogP contribution in [-0.4, -0.2) is 28.2 Å². The standard InChI is InChI=1S/C21H18F4N4O/c1-10-4-17(19(26)21(23,24)25)27-9-15(10)12-3-2-11-6-18(28-8-13(11)5-12)29-20(30)14-7-16(14)22/h2-6,8-9,14,16,19H,7,26H2,1H3,(H,28,29,30)/t14?,16-,19+/m0/s1. The lowest BCUT2D eigenvalue weighted by Crippen LogP contribution is -2.29. The van der Waals surface area contributed by atoms with E-state index in [1.54, 1.807) is 25.3 Å². The fourth-order valence-electron chi connectivity index (χ4n) is 3.25. The van der Waals surface area contributed by atoms with Gasteiger partial charge in [-0.3, -0.25) is 9.78 Å². The van der Waals surface area contributed by atoms with Crippen LogP contribution in [0.15, 0.2) is 42.7 Å². The third-order valence-electron chi connectivity index (χ3n) is 5.14. The summed E-state index contributed by atoms with van der Waals surface area (Å²) in [5.41, 5.74) is 7.05. The van der Waals surface area contributed by atoms with Crippen LogP contribution in [0.1, 0.15) is 23.7 Å². The van der Waals surface area contributed by atoms with Crippen LogP contribution < -0.4 is 11.1 Å². The van der Waals surface area contributed by atoms with E-state index >= 15 is 0 Å². The molecule has 2 heterocycles. The summed E-state index contributed by atoms with van der Waals surface area (Å²) in [7, 11) is 0. The third-order valence-corrected chi connectivity index (χ3v) is 5.14. The largest absolute Gasteiger partial charge is 0.409 e. The molecule has 4 rings (SSSR count). The lowest BCUT2D eigenvalue weighted by Gasteiger charge is -2.16. The molecule has 1 unspecified atom stereocenters. The summed E-state index contributed by atoms with van der Waals surface area (Å²) < 4.78 is 51.5. The quantitative estimate of drug-likeness (QED) is 0.613. The van der Waals surface area contributed by atoms with Gasteiger partial charge in [0.2, 0.25) is 5.91 Å². The molecular formula is C21H18F4N4O. The number of pyridine rings is 2. The molecule has 30 heavy (non-hydrogen) atoms. The summed E-state index contributed by atoms with van der Waals surface area (Å²) >= 11 is 0. The van der Waals surface area contributed by atoms with Gasteiger partial charge in [0.1, 0.15) is 18.0 Å². The average Bonchev–Trinajstić information content (AvgIpc) is 3.43. The Morgan fingerprint density at radius 3 is 2.53 bits per heavy atom. The number of fused-ring (bicyclic) bond motifs is 1. The Hall–Kier alpha value is -3.07. The van der Waals surface area contributed by atoms with Crippen molar-refractivity contribution < 1.29 is 22.4 Å². The maximum absolute atomic E-state index is 13.0. The topological polar surface area (TPSA) is 80.9 Å². The molecule has 3 N–H and O–H groups in total. The minimum Gasteiger partial charge on any atom is -0.315 e. The molecule has 0 aliphatic heterocycles. The van der Waals surface area contributed by atoms with Crippen molar-refractivity contribution in [2.75, 3.05) is 5.32 Å². The molecule has 1 amide bonds. The molecule has 3 atom stereocenters. The van der Waals surface area contributed by atoms with Crippen molar-refractivity contribution in [3.63, 3.8) is 0 Å². The number of nitrogens with two attached hydrogens (primary N) is 1. The molecule has 0 bridgehead atoms. The van der Waals surface area contributed by atoms with Crippen molar-refractivity contribution in [1.82, 2.24) is 9.97 Å². The molecule has 1 aromatic carbocycles. The number of nitrogens with zero attached hydrogens (tertiary/aromatic N) is 2. The Labute approximate surface area is 169 Å². The number of rotatable bonds is 4. The van der Waals surface area contributed by atoms with Crippen molar-refractivity contribution in [3.05, 3.63) is 54.0 Å². The van der Waals surface area contributed by atoms with Gasteiger partial charge in [0, 0.05) is 23.3 Å². The normalized spacial score (nSPS) is 19.5. The fraction of sp³-hybridized carbons (Fsp3) is 0.286. The highest BCUT2D eigenvalue weighted by Gasteiger charge is 2.43. The minimum atomic E-state index is -4.56. The number of anilines is 1. The minimum absolute atomic E-state index is 0.238. The summed E-state index contributed by atoms with van der Waals surface area (Å²) in [6, 6.07) is 6.34. The average molecular weight is 418 g/mol. The number of carbonyl (C=O) groups excluding carboxylic acids is 1. The third kappa shape index (κ3) is 3.97. The van der Waals surface area contributed by atoms with Crippen LogP contribution in [0.4, 0.5) is 23.4 Å². The fourth-order valence-corrected chi connectivity index (χ4v) is 3.25. The Morgan fingerprint density at radius 1 is 1.17 bits per heavy atom. The van der Waals surface area contributed by atoms with Gasteiger partial charge in [-0.25, -0.2) is 9.37 Å². The van der Waals surface area contributed by atoms with Crippen molar-refractivity contribution in [2.45, 2.75) is 31.7 Å². The summed E-state index contributed by atoms with van der Waals surface area (Å²) in [5, 5.41) is 4.18. The van der Waals surface area contributed by atoms with Crippen molar-refractivity contribution in [3.8, 4) is 11.1 Å². The van der Waals surface area contributed by atoms with Crippen LogP contribution >= 0.6 is 0 Å². The molecule has 0 saturated heterocycles. The molecule has 3 aromatic rings. The molecule has 5 nitrogen and oxygen atoms in total. The number of hydrogen-bond acceptors (Lipinski definition) is 4. The van der Waals surface area contributed by atoms with E-state index in [1.807, 2.05) is 12.1 Å². The maximum Gasteiger partial charge on any atom is 0.409 e. The first-order chi connectivity index (χ1) is 14.1. The van der Waals surface area contributed by atoms with Gasteiger partial charge < -0.3 is 11.1 Å². The van der Waals surface area contributed by atoms with E-state index in [4.69, 9.17) is 5.73 Å². The summed E-state index contributed by atoms with van der Waals surface area (Å²) in [4.78, 5) is 19.9. The number of alkyl halides is 4. The van der Waals surface area contributed by atoms with Gasteiger partial charge in [-0.2, -0.15) is 13.2 Å². The smallest absolute Gasteiger partial charge is 0.315 e. The summed E-state index contributed by atoms with van der Waals surface area (Å²) in [6.07, 6.45) is -2.45. The zero-order valence-electron chi connectivity index (χ0n) is 15.9. The Bertz CT molecular complexity index is 1130. The first kappa shape index (κ1) is 20.2. The van der Waals surface area contributed by atoms with Gasteiger partial charge in [0.25, 0.3) is 0 Å². The van der Waals surface area contributed by atoms with E-state index in [-0.39, 0.29) is 18.0 Å². The van der Waals surface area contributed by atoms with Gasteiger partial charge in [-0.05, 0) is 48.1 Å². The second kappa shape index (κ2) is 7.32. The SMILES string of the molecule is Cc1cc([C@@H](N)C(F)(F)F)ncc1-c1ccc2cc(NC(=O)C3C[C@@H]3F)ncc2c1. The van der Waals surface area contributed by atoms with E-state index in [0.717, 1.165) is 16.3 Å². The number of halogens is 4. The van der Waals surface area contributed by atoms with Crippen LogP contribution in [0.2, 0.25) is 0 Å². The molecule has 0 radical (unpaired) electrons. The Kier molecular flexibility index (Phi) is 4.93. The summed E-state index contributed by atoms with van der Waals surface area (Å²) in [5.74, 6) is -0.652. The second-order valence-corrected chi connectivity index (χ2v) is 7.42. The molecule has 0 spiro atoms. The number of benzene rings is 1. The highest BCUT2D eigenvalue weighted by atomic mass is 19.4. The zero-order valence-corrected chi connectivity index (χ0v) is 15.9. The van der Waals surface area contributed by atoms with Crippen LogP contribution in [-0.2, 0) is 4.79 Å². The van der Waals surface area contributed by atoms with Crippen LogP contribution in [0.5, 0.6) is 0 Å². The van der Waals surface area contributed by atoms with Crippen molar-refractivity contribution in [2.24, 2.45) is 11.7 Å².